The number of phenolic OH excluding ortho intramolecular Hbond substituents is 1. The van der Waals surface area contributed by atoms with E-state index in [1.54, 1.807) is 24.3 Å². The predicted octanol–water partition coefficient (Wildman–Crippen LogP) is -0.777. The number of carbonyl (C=O) groups excluding carboxylic acids is 1. The maximum atomic E-state index is 12.1. The number of methoxy groups -OCH3 is 1. The van der Waals surface area contributed by atoms with E-state index in [1.165, 1.54) is 19.6 Å². The Morgan fingerprint density at radius 2 is 2.30 bits per heavy atom. The first kappa shape index (κ1) is 15.6. The van der Waals surface area contributed by atoms with Crippen LogP contribution in [0.4, 0.5) is 0 Å². The van der Waals surface area contributed by atoms with Gasteiger partial charge in [0.1, 0.15) is 0 Å². The molecule has 7 heteroatoms. The Labute approximate surface area is 143 Å². The van der Waals surface area contributed by atoms with Gasteiger partial charge in [-0.3, -0.25) is 0 Å². The van der Waals surface area contributed by atoms with E-state index in [1.807, 2.05) is 0 Å². The zero-order valence-electron chi connectivity index (χ0n) is 12.2. The van der Waals surface area contributed by atoms with Gasteiger partial charge in [-0.2, -0.15) is 0 Å². The van der Waals surface area contributed by atoms with E-state index in [9.17, 15) is 9.90 Å². The summed E-state index contributed by atoms with van der Waals surface area (Å²) in [6.07, 6.45) is 2.86. The summed E-state index contributed by atoms with van der Waals surface area (Å²) in [4.78, 5) is 16.6. The molecule has 0 aliphatic carbocycles. The Balaban J connectivity index is 1.80. The van der Waals surface area contributed by atoms with Crippen molar-refractivity contribution >= 4 is 17.4 Å². The van der Waals surface area contributed by atoms with Gasteiger partial charge in [-0.25, -0.2) is 0 Å². The van der Waals surface area contributed by atoms with Crippen LogP contribution in [0.2, 0.25) is 0 Å². The first-order valence-corrected chi connectivity index (χ1v) is 9.51. The molecule has 0 saturated carbocycles. The molecule has 0 atom stereocenters. The fourth-order valence-electron chi connectivity index (χ4n) is 2.01. The number of rotatable bonds is 3. The molecule has 1 aliphatic rings. The van der Waals surface area contributed by atoms with Gasteiger partial charge in [0.25, 0.3) is 0 Å². The molecule has 1 aromatic heterocycles. The van der Waals surface area contributed by atoms with Gasteiger partial charge in [-0.1, -0.05) is 0 Å². The van der Waals surface area contributed by atoms with Crippen LogP contribution in [0.15, 0.2) is 50.3 Å². The van der Waals surface area contributed by atoms with Crippen LogP contribution in [-0.2, 0) is 0 Å². The topological polar surface area (TPSA) is 84.1 Å². The van der Waals surface area contributed by atoms with Crippen LogP contribution in [0.1, 0.15) is 15.9 Å². The molecule has 3 rings (SSSR count). The molecule has 0 unspecified atom stereocenters. The van der Waals surface area contributed by atoms with Crippen LogP contribution < -0.4 is 31.3 Å². The van der Waals surface area contributed by atoms with Gasteiger partial charge in [0, 0.05) is 0 Å². The average Bonchev–Trinajstić information content (AvgIpc) is 3.10. The number of amides is 1. The van der Waals surface area contributed by atoms with E-state index in [0.717, 1.165) is 15.7 Å². The van der Waals surface area contributed by atoms with Gasteiger partial charge in [0.05, 0.1) is 0 Å². The fraction of sp³-hybridized carbons (Fsp3) is 0.125. The van der Waals surface area contributed by atoms with Crippen molar-refractivity contribution in [3.05, 3.63) is 52.0 Å². The number of alkyl halides is 1. The molecule has 23 heavy (non-hydrogen) atoms. The third kappa shape index (κ3) is 3.55. The summed E-state index contributed by atoms with van der Waals surface area (Å²) in [5, 5.41) is 12.5. The minimum atomic E-state index is -0.238. The molecule has 0 spiro atoms. The van der Waals surface area contributed by atoms with E-state index < -0.39 is 0 Å². The molecule has 2 aromatic rings. The second-order valence-corrected chi connectivity index (χ2v) is 6.96. The Hall–Kier alpha value is -2.29. The number of nitrogens with zero attached hydrogens (tertiary/aromatic N) is 1. The summed E-state index contributed by atoms with van der Waals surface area (Å²) in [7, 11) is 1.50. The third-order valence-electron chi connectivity index (χ3n) is 3.16. The van der Waals surface area contributed by atoms with Gasteiger partial charge in [0.15, 0.2) is 0 Å². The van der Waals surface area contributed by atoms with E-state index in [4.69, 9.17) is 9.15 Å². The monoisotopic (exact) mass is 425 g/mol. The number of benzene rings is 1. The van der Waals surface area contributed by atoms with Crippen LogP contribution in [0.5, 0.6) is 11.5 Å². The standard InChI is InChI=1S/C16H14IN2O4/c1-22-14-6-10(2-3-13(14)20)12-7-17-8-15(18-12)19-16(21)11-4-5-23-9-11/h2-7,9,20H,8H2,1H3,(H,18,19,21)/q-1. The maximum absolute atomic E-state index is 12.1. The molecule has 6 nitrogen and oxygen atoms in total. The number of halogens is 1. The number of ether oxygens (including phenoxy) is 1. The summed E-state index contributed by atoms with van der Waals surface area (Å²) < 4.78 is 12.9. The Morgan fingerprint density at radius 3 is 3.04 bits per heavy atom. The van der Waals surface area contributed by atoms with E-state index in [-0.39, 0.29) is 32.9 Å². The Bertz CT molecular complexity index is 781. The quantitative estimate of drug-likeness (QED) is 0.500. The second-order valence-electron chi connectivity index (χ2n) is 4.69. The molecule has 0 bridgehead atoms. The number of amidine groups is 1. The number of nitrogens with one attached hydrogen (secondary N) is 1. The molecule has 0 saturated heterocycles. The molecule has 0 fully saturated rings. The van der Waals surface area contributed by atoms with Gasteiger partial charge in [-0.15, -0.1) is 0 Å². The van der Waals surface area contributed by atoms with E-state index in [2.05, 4.69) is 14.4 Å². The van der Waals surface area contributed by atoms with Crippen LogP contribution in [0.25, 0.3) is 5.70 Å². The third-order valence-corrected chi connectivity index (χ3v) is 5.35. The van der Waals surface area contributed by atoms with Crippen molar-refractivity contribution < 1.29 is 40.3 Å². The van der Waals surface area contributed by atoms with Crippen LogP contribution in [0.3, 0.4) is 0 Å². The van der Waals surface area contributed by atoms with Gasteiger partial charge in [0.2, 0.25) is 0 Å². The summed E-state index contributed by atoms with van der Waals surface area (Å²) in [6.45, 7) is 0. The number of phenols is 1. The molecule has 120 valence electrons. The minimum absolute atomic E-state index is 0.0832. The van der Waals surface area contributed by atoms with Crippen molar-refractivity contribution in [2.45, 2.75) is 0 Å². The molecular formula is C16H14IN2O4-. The van der Waals surface area contributed by atoms with Crippen molar-refractivity contribution in [2.75, 3.05) is 11.5 Å². The van der Waals surface area contributed by atoms with Crippen LogP contribution in [0, 0.1) is 0 Å². The number of carbonyl (C=O) groups is 1. The van der Waals surface area contributed by atoms with Gasteiger partial charge in [-0.05, 0) is 0 Å². The molecule has 0 radical (unpaired) electrons. The Kier molecular flexibility index (Phi) is 4.65. The SMILES string of the molecule is COc1cc(C2=C[I-]CC(NC(=O)c3ccoc3)=N2)ccc1O. The van der Waals surface area contributed by atoms with Crippen molar-refractivity contribution in [3.8, 4) is 11.5 Å². The number of aliphatic imine (C=N–C) groups is 1. The average molecular weight is 425 g/mol. The second kappa shape index (κ2) is 6.86. The summed E-state index contributed by atoms with van der Waals surface area (Å²) in [5.41, 5.74) is 2.09. The van der Waals surface area contributed by atoms with Gasteiger partial charge < -0.3 is 0 Å². The van der Waals surface area contributed by atoms with Crippen LogP contribution in [-0.4, -0.2) is 28.4 Å². The van der Waals surface area contributed by atoms with E-state index >= 15 is 0 Å². The molecular weight excluding hydrogens is 411 g/mol. The molecule has 1 aromatic carbocycles. The first-order valence-electron chi connectivity index (χ1n) is 6.74. The number of hydrogen-bond acceptors (Lipinski definition) is 5. The first-order chi connectivity index (χ1) is 11.2. The van der Waals surface area contributed by atoms with Gasteiger partial charge >= 0.3 is 143 Å². The summed E-state index contributed by atoms with van der Waals surface area (Å²) in [5.74, 6) is 0.894. The van der Waals surface area contributed by atoms with Crippen molar-refractivity contribution in [1.82, 2.24) is 5.32 Å². The number of hydrogen-bond donors (Lipinski definition) is 2. The summed E-state index contributed by atoms with van der Waals surface area (Å²) >= 11 is -0.238. The van der Waals surface area contributed by atoms with Crippen molar-refractivity contribution in [1.29, 1.82) is 0 Å². The van der Waals surface area contributed by atoms with Crippen molar-refractivity contribution in [3.63, 3.8) is 0 Å². The van der Waals surface area contributed by atoms with Crippen LogP contribution >= 0.6 is 0 Å². The van der Waals surface area contributed by atoms with E-state index in [0.29, 0.717) is 17.1 Å². The zero-order valence-corrected chi connectivity index (χ0v) is 14.4. The fourth-order valence-corrected chi connectivity index (χ4v) is 3.92. The molecule has 2 heterocycles. The predicted molar refractivity (Wildman–Crippen MR) is 81.1 cm³/mol. The molecule has 1 amide bonds. The summed E-state index contributed by atoms with van der Waals surface area (Å²) in [6, 6.07) is 6.68. The normalized spacial score (nSPS) is 14.3. The number of furan rings is 1. The Morgan fingerprint density at radius 1 is 1.43 bits per heavy atom. The number of aromatic hydroxyl groups is 1. The molecule has 2 N–H and O–H groups in total. The molecule has 1 aliphatic heterocycles. The van der Waals surface area contributed by atoms with Crippen molar-refractivity contribution in [2.24, 2.45) is 4.99 Å². The zero-order chi connectivity index (χ0) is 16.2.